The summed E-state index contributed by atoms with van der Waals surface area (Å²) >= 11 is 0. The largest absolute Gasteiger partial charge is 0.356 e. The van der Waals surface area contributed by atoms with Crippen molar-refractivity contribution in [1.29, 1.82) is 0 Å². The van der Waals surface area contributed by atoms with Crippen LogP contribution in [-0.4, -0.2) is 28.3 Å². The van der Waals surface area contributed by atoms with Crippen LogP contribution in [0.4, 0.5) is 0 Å². The summed E-state index contributed by atoms with van der Waals surface area (Å²) in [5.41, 5.74) is 1.85. The topological polar surface area (TPSA) is 84.0 Å². The third-order valence-electron chi connectivity index (χ3n) is 5.40. The fourth-order valence-electron chi connectivity index (χ4n) is 3.95. The van der Waals surface area contributed by atoms with Crippen molar-refractivity contribution < 1.29 is 9.59 Å². The second kappa shape index (κ2) is 9.97. The van der Waals surface area contributed by atoms with E-state index >= 15 is 0 Å². The first kappa shape index (κ1) is 20.0. The van der Waals surface area contributed by atoms with Gasteiger partial charge in [-0.3, -0.25) is 19.6 Å². The molecule has 0 unspecified atom stereocenters. The van der Waals surface area contributed by atoms with Crippen molar-refractivity contribution in [2.24, 2.45) is 11.8 Å². The summed E-state index contributed by atoms with van der Waals surface area (Å²) in [5.74, 6) is 0.872. The number of hydrogen-bond donors (Lipinski definition) is 2. The Labute approximate surface area is 166 Å². The Bertz CT molecular complexity index is 759. The molecule has 0 aromatic carbocycles. The Morgan fingerprint density at radius 1 is 1.11 bits per heavy atom. The first-order chi connectivity index (χ1) is 13.6. The molecule has 1 fully saturated rings. The molecule has 3 rings (SSSR count). The third kappa shape index (κ3) is 5.87. The van der Waals surface area contributed by atoms with Crippen molar-refractivity contribution in [1.82, 2.24) is 20.6 Å². The molecule has 1 atom stereocenters. The van der Waals surface area contributed by atoms with E-state index in [-0.39, 0.29) is 17.9 Å². The second-order valence-electron chi connectivity index (χ2n) is 7.56. The highest BCUT2D eigenvalue weighted by atomic mass is 16.2. The molecule has 2 N–H and O–H groups in total. The SMILES string of the molecule is CC(=O)N[C@H](c1ccccn1)C1CCC(CNC(=O)Cc2cccnc2)CC1. The van der Waals surface area contributed by atoms with Gasteiger partial charge in [0.25, 0.3) is 0 Å². The van der Waals surface area contributed by atoms with Crippen molar-refractivity contribution in [2.75, 3.05) is 6.54 Å². The zero-order valence-corrected chi connectivity index (χ0v) is 16.3. The predicted molar refractivity (Wildman–Crippen MR) is 107 cm³/mol. The average Bonchev–Trinajstić information content (AvgIpc) is 2.72. The zero-order valence-electron chi connectivity index (χ0n) is 16.3. The molecule has 6 nitrogen and oxygen atoms in total. The molecule has 1 aliphatic rings. The maximum absolute atomic E-state index is 12.1. The highest BCUT2D eigenvalue weighted by Gasteiger charge is 2.30. The lowest BCUT2D eigenvalue weighted by molar-refractivity contribution is -0.121. The van der Waals surface area contributed by atoms with Crippen LogP contribution in [0.5, 0.6) is 0 Å². The van der Waals surface area contributed by atoms with E-state index in [2.05, 4.69) is 20.6 Å². The molecule has 2 amide bonds. The van der Waals surface area contributed by atoms with Crippen LogP contribution >= 0.6 is 0 Å². The van der Waals surface area contributed by atoms with Gasteiger partial charge in [-0.15, -0.1) is 0 Å². The minimum atomic E-state index is -0.0418. The molecule has 0 bridgehead atoms. The lowest BCUT2D eigenvalue weighted by Gasteiger charge is -2.34. The minimum absolute atomic E-state index is 0.0274. The van der Waals surface area contributed by atoms with Gasteiger partial charge in [-0.25, -0.2) is 0 Å². The first-order valence-electron chi connectivity index (χ1n) is 9.95. The predicted octanol–water partition coefficient (Wildman–Crippen LogP) is 2.82. The molecule has 0 radical (unpaired) electrons. The minimum Gasteiger partial charge on any atom is -0.356 e. The number of nitrogens with one attached hydrogen (secondary N) is 2. The van der Waals surface area contributed by atoms with E-state index in [1.54, 1.807) is 25.5 Å². The fourth-order valence-corrected chi connectivity index (χ4v) is 3.95. The maximum atomic E-state index is 12.1. The highest BCUT2D eigenvalue weighted by molar-refractivity contribution is 5.78. The molecule has 1 saturated carbocycles. The summed E-state index contributed by atoms with van der Waals surface area (Å²) in [6.45, 7) is 2.26. The Morgan fingerprint density at radius 3 is 2.57 bits per heavy atom. The Kier molecular flexibility index (Phi) is 7.12. The van der Waals surface area contributed by atoms with E-state index in [1.807, 2.05) is 30.3 Å². The van der Waals surface area contributed by atoms with Crippen LogP contribution in [0.3, 0.4) is 0 Å². The molecule has 2 aromatic heterocycles. The lowest BCUT2D eigenvalue weighted by atomic mass is 9.77. The Morgan fingerprint density at radius 2 is 1.93 bits per heavy atom. The summed E-state index contributed by atoms with van der Waals surface area (Å²) < 4.78 is 0. The molecule has 2 aromatic rings. The number of rotatable bonds is 7. The number of nitrogens with zero attached hydrogens (tertiary/aromatic N) is 2. The van der Waals surface area contributed by atoms with Crippen molar-refractivity contribution >= 4 is 11.8 Å². The summed E-state index contributed by atoms with van der Waals surface area (Å²) in [6.07, 6.45) is 9.70. The van der Waals surface area contributed by atoms with Crippen molar-refractivity contribution in [3.8, 4) is 0 Å². The van der Waals surface area contributed by atoms with E-state index in [0.717, 1.165) is 36.9 Å². The van der Waals surface area contributed by atoms with Crippen LogP contribution in [-0.2, 0) is 16.0 Å². The van der Waals surface area contributed by atoms with Crippen LogP contribution in [0.25, 0.3) is 0 Å². The van der Waals surface area contributed by atoms with Gasteiger partial charge < -0.3 is 10.6 Å². The van der Waals surface area contributed by atoms with Crippen molar-refractivity contribution in [2.45, 2.75) is 45.1 Å². The molecular formula is C22H28N4O2. The van der Waals surface area contributed by atoms with Crippen molar-refractivity contribution in [3.63, 3.8) is 0 Å². The van der Waals surface area contributed by atoms with Crippen LogP contribution in [0.2, 0.25) is 0 Å². The Balaban J connectivity index is 1.47. The molecule has 148 valence electrons. The van der Waals surface area contributed by atoms with Crippen LogP contribution < -0.4 is 10.6 Å². The molecule has 0 aliphatic heterocycles. The lowest BCUT2D eigenvalue weighted by Crippen LogP contribution is -2.36. The maximum Gasteiger partial charge on any atom is 0.224 e. The second-order valence-corrected chi connectivity index (χ2v) is 7.56. The van der Waals surface area contributed by atoms with Crippen LogP contribution in [0, 0.1) is 11.8 Å². The summed E-state index contributed by atoms with van der Waals surface area (Å²) in [7, 11) is 0. The van der Waals surface area contributed by atoms with Gasteiger partial charge in [0.15, 0.2) is 0 Å². The number of pyridine rings is 2. The van der Waals surface area contributed by atoms with Gasteiger partial charge in [-0.2, -0.15) is 0 Å². The summed E-state index contributed by atoms with van der Waals surface area (Å²) in [4.78, 5) is 32.3. The van der Waals surface area contributed by atoms with E-state index in [0.29, 0.717) is 24.8 Å². The monoisotopic (exact) mass is 380 g/mol. The van der Waals surface area contributed by atoms with E-state index < -0.39 is 0 Å². The molecule has 6 heteroatoms. The summed E-state index contributed by atoms with van der Waals surface area (Å²) in [6, 6.07) is 9.54. The third-order valence-corrected chi connectivity index (χ3v) is 5.40. The van der Waals surface area contributed by atoms with Gasteiger partial charge >= 0.3 is 0 Å². The molecule has 28 heavy (non-hydrogen) atoms. The number of carbonyl (C=O) groups is 2. The zero-order chi connectivity index (χ0) is 19.8. The van der Waals surface area contributed by atoms with E-state index in [4.69, 9.17) is 0 Å². The van der Waals surface area contributed by atoms with Crippen LogP contribution in [0.15, 0.2) is 48.9 Å². The fraction of sp³-hybridized carbons (Fsp3) is 0.455. The highest BCUT2D eigenvalue weighted by Crippen LogP contribution is 2.36. The van der Waals surface area contributed by atoms with Gasteiger partial charge in [0.2, 0.25) is 11.8 Å². The number of amides is 2. The van der Waals surface area contributed by atoms with E-state index in [9.17, 15) is 9.59 Å². The number of aromatic nitrogens is 2. The molecule has 2 heterocycles. The normalized spacial score (nSPS) is 20.2. The molecular weight excluding hydrogens is 352 g/mol. The van der Waals surface area contributed by atoms with Gasteiger partial charge in [0, 0.05) is 32.1 Å². The molecule has 0 spiro atoms. The molecule has 0 saturated heterocycles. The Hall–Kier alpha value is -2.76. The van der Waals surface area contributed by atoms with E-state index in [1.165, 1.54) is 0 Å². The number of hydrogen-bond acceptors (Lipinski definition) is 4. The van der Waals surface area contributed by atoms with Gasteiger partial charge in [-0.1, -0.05) is 12.1 Å². The smallest absolute Gasteiger partial charge is 0.224 e. The van der Waals surface area contributed by atoms with Crippen LogP contribution in [0.1, 0.15) is 49.9 Å². The number of carbonyl (C=O) groups excluding carboxylic acids is 2. The summed E-state index contributed by atoms with van der Waals surface area (Å²) in [5, 5.41) is 6.14. The first-order valence-corrected chi connectivity index (χ1v) is 9.95. The van der Waals surface area contributed by atoms with Gasteiger partial charge in [0.05, 0.1) is 18.2 Å². The van der Waals surface area contributed by atoms with Gasteiger partial charge in [0.1, 0.15) is 0 Å². The standard InChI is InChI=1S/C22H28N4O2/c1-16(27)26-22(20-6-2-3-12-24-20)19-9-7-17(8-10-19)15-25-21(28)13-18-5-4-11-23-14-18/h2-6,11-12,14,17,19,22H,7-10,13,15H2,1H3,(H,25,28)(H,26,27)/t17?,19?,22-/m0/s1. The van der Waals surface area contributed by atoms with Gasteiger partial charge in [-0.05, 0) is 61.3 Å². The van der Waals surface area contributed by atoms with Crippen molar-refractivity contribution in [3.05, 3.63) is 60.2 Å². The molecule has 1 aliphatic carbocycles. The quantitative estimate of drug-likeness (QED) is 0.774. The average molecular weight is 380 g/mol.